The molecule has 2 aromatic heterocycles. The normalized spacial score (nSPS) is 10.6. The van der Waals surface area contributed by atoms with Crippen molar-refractivity contribution in [2.24, 2.45) is 0 Å². The van der Waals surface area contributed by atoms with Gasteiger partial charge in [0.1, 0.15) is 17.4 Å². The zero-order valence-corrected chi connectivity index (χ0v) is 15.2. The van der Waals surface area contributed by atoms with Gasteiger partial charge in [0.05, 0.1) is 12.2 Å². The second-order valence-corrected chi connectivity index (χ2v) is 6.22. The molecule has 2 rings (SSSR count). The quantitative estimate of drug-likeness (QED) is 0.896. The Hall–Kier alpha value is -2.88. The third-order valence-corrected chi connectivity index (χ3v) is 4.51. The monoisotopic (exact) mass is 342 g/mol. The highest BCUT2D eigenvalue weighted by atomic mass is 16.5. The van der Waals surface area contributed by atoms with Crippen LogP contribution in [0.2, 0.25) is 0 Å². The van der Waals surface area contributed by atoms with E-state index in [-0.39, 0.29) is 17.0 Å². The minimum absolute atomic E-state index is 0.0245. The number of carbonyl (C=O) groups excluding carboxylic acids is 1. The van der Waals surface area contributed by atoms with Crippen molar-refractivity contribution in [1.82, 2.24) is 15.0 Å². The van der Waals surface area contributed by atoms with Crippen LogP contribution in [0.3, 0.4) is 0 Å². The maximum atomic E-state index is 12.4. The van der Waals surface area contributed by atoms with Gasteiger partial charge in [-0.15, -0.1) is 0 Å². The van der Waals surface area contributed by atoms with Gasteiger partial charge in [0.2, 0.25) is 5.91 Å². The van der Waals surface area contributed by atoms with Gasteiger partial charge in [-0.2, -0.15) is 5.26 Å². The van der Waals surface area contributed by atoms with Crippen LogP contribution in [0.25, 0.3) is 0 Å². The Kier molecular flexibility index (Phi) is 5.42. The Morgan fingerprint density at radius 1 is 1.28 bits per heavy atom. The first kappa shape index (κ1) is 18.5. The molecular formula is C18H22N4O3. The molecule has 7 nitrogen and oxygen atoms in total. The molecule has 2 aromatic rings. The summed E-state index contributed by atoms with van der Waals surface area (Å²) in [6, 6.07) is 1.93. The standard InChI is InChI=1S/C18H22N4O3/c1-10-14(11(2)20-18(24)15(10)8-19)6-7-17(23)22(5)9-16-12(3)21-25-13(16)4/h6-7,9H2,1-5H3,(H,20,24). The molecule has 1 N–H and O–H groups in total. The molecule has 0 unspecified atom stereocenters. The van der Waals surface area contributed by atoms with Gasteiger partial charge in [0.25, 0.3) is 5.56 Å². The first-order valence-electron chi connectivity index (χ1n) is 8.04. The molecule has 132 valence electrons. The summed E-state index contributed by atoms with van der Waals surface area (Å²) >= 11 is 0. The summed E-state index contributed by atoms with van der Waals surface area (Å²) in [6.07, 6.45) is 0.756. The molecule has 0 aromatic carbocycles. The van der Waals surface area contributed by atoms with E-state index < -0.39 is 0 Å². The van der Waals surface area contributed by atoms with E-state index >= 15 is 0 Å². The number of aromatic amines is 1. The number of nitriles is 1. The zero-order chi connectivity index (χ0) is 18.7. The zero-order valence-electron chi connectivity index (χ0n) is 15.2. The van der Waals surface area contributed by atoms with Crippen LogP contribution in [0.5, 0.6) is 0 Å². The summed E-state index contributed by atoms with van der Waals surface area (Å²) in [7, 11) is 1.74. The Morgan fingerprint density at radius 2 is 1.96 bits per heavy atom. The lowest BCUT2D eigenvalue weighted by molar-refractivity contribution is -0.130. The second-order valence-electron chi connectivity index (χ2n) is 6.22. The number of pyridine rings is 1. The number of carbonyl (C=O) groups is 1. The number of amides is 1. The van der Waals surface area contributed by atoms with Crippen molar-refractivity contribution in [3.8, 4) is 6.07 Å². The van der Waals surface area contributed by atoms with Crippen molar-refractivity contribution < 1.29 is 9.32 Å². The van der Waals surface area contributed by atoms with Crippen molar-refractivity contribution in [2.75, 3.05) is 7.05 Å². The molecule has 0 aliphatic rings. The molecule has 0 aliphatic heterocycles. The third kappa shape index (κ3) is 3.79. The number of aromatic nitrogens is 2. The molecule has 0 bridgehead atoms. The summed E-state index contributed by atoms with van der Waals surface area (Å²) in [5, 5.41) is 13.0. The largest absolute Gasteiger partial charge is 0.361 e. The van der Waals surface area contributed by atoms with E-state index in [1.807, 2.05) is 19.9 Å². The second kappa shape index (κ2) is 7.34. The highest BCUT2D eigenvalue weighted by molar-refractivity contribution is 5.76. The molecule has 0 spiro atoms. The molecule has 0 saturated heterocycles. The highest BCUT2D eigenvalue weighted by Gasteiger charge is 2.17. The van der Waals surface area contributed by atoms with E-state index in [9.17, 15) is 9.59 Å². The number of H-pyrrole nitrogens is 1. The lowest BCUT2D eigenvalue weighted by Gasteiger charge is -2.18. The minimum atomic E-state index is -0.386. The van der Waals surface area contributed by atoms with Gasteiger partial charge in [-0.1, -0.05) is 5.16 Å². The average Bonchev–Trinajstić information content (AvgIpc) is 2.86. The molecule has 0 aliphatic carbocycles. The van der Waals surface area contributed by atoms with Gasteiger partial charge in [-0.05, 0) is 45.2 Å². The Morgan fingerprint density at radius 3 is 2.52 bits per heavy atom. The molecule has 2 heterocycles. The van der Waals surface area contributed by atoms with E-state index in [2.05, 4.69) is 10.1 Å². The Balaban J connectivity index is 2.10. The number of aryl methyl sites for hydroxylation is 3. The Bertz CT molecular complexity index is 883. The van der Waals surface area contributed by atoms with Gasteiger partial charge in [-0.3, -0.25) is 9.59 Å². The van der Waals surface area contributed by atoms with Gasteiger partial charge >= 0.3 is 0 Å². The molecule has 7 heteroatoms. The predicted octanol–water partition coefficient (Wildman–Crippen LogP) is 2.06. The number of nitrogens with one attached hydrogen (secondary N) is 1. The van der Waals surface area contributed by atoms with Crippen molar-refractivity contribution in [3.05, 3.63) is 49.8 Å². The molecular weight excluding hydrogens is 320 g/mol. The lowest BCUT2D eigenvalue weighted by Crippen LogP contribution is -2.27. The van der Waals surface area contributed by atoms with Crippen molar-refractivity contribution >= 4 is 5.91 Å². The topological polar surface area (TPSA) is 103 Å². The summed E-state index contributed by atoms with van der Waals surface area (Å²) in [5.74, 6) is 0.687. The van der Waals surface area contributed by atoms with Gasteiger partial charge in [0, 0.05) is 24.7 Å². The smallest absolute Gasteiger partial charge is 0.266 e. The molecule has 0 radical (unpaired) electrons. The van der Waals surface area contributed by atoms with Gasteiger partial charge < -0.3 is 14.4 Å². The number of rotatable bonds is 5. The lowest BCUT2D eigenvalue weighted by atomic mass is 9.99. The van der Waals surface area contributed by atoms with Crippen molar-refractivity contribution in [2.45, 2.75) is 47.1 Å². The van der Waals surface area contributed by atoms with E-state index in [0.29, 0.717) is 36.4 Å². The fraction of sp³-hybridized carbons (Fsp3) is 0.444. The summed E-state index contributed by atoms with van der Waals surface area (Å²) < 4.78 is 5.12. The fourth-order valence-electron chi connectivity index (χ4n) is 2.90. The molecule has 0 saturated carbocycles. The third-order valence-electron chi connectivity index (χ3n) is 4.51. The first-order chi connectivity index (χ1) is 11.8. The van der Waals surface area contributed by atoms with Crippen LogP contribution in [0.1, 0.15) is 45.8 Å². The predicted molar refractivity (Wildman–Crippen MR) is 92.0 cm³/mol. The van der Waals surface area contributed by atoms with Crippen LogP contribution in [-0.4, -0.2) is 28.0 Å². The van der Waals surface area contributed by atoms with Crippen LogP contribution < -0.4 is 5.56 Å². The van der Waals surface area contributed by atoms with Crippen molar-refractivity contribution in [1.29, 1.82) is 5.26 Å². The number of hydrogen-bond donors (Lipinski definition) is 1. The van der Waals surface area contributed by atoms with E-state index in [1.165, 1.54) is 0 Å². The van der Waals surface area contributed by atoms with Gasteiger partial charge in [-0.25, -0.2) is 0 Å². The summed E-state index contributed by atoms with van der Waals surface area (Å²) in [5.41, 5.74) is 3.60. The van der Waals surface area contributed by atoms with Crippen LogP contribution in [0, 0.1) is 39.0 Å². The Labute approximate surface area is 146 Å². The minimum Gasteiger partial charge on any atom is -0.361 e. The van der Waals surface area contributed by atoms with Gasteiger partial charge in [0.15, 0.2) is 0 Å². The van der Waals surface area contributed by atoms with E-state index in [4.69, 9.17) is 9.78 Å². The van der Waals surface area contributed by atoms with Crippen LogP contribution >= 0.6 is 0 Å². The SMILES string of the molecule is Cc1noc(C)c1CN(C)C(=O)CCc1c(C)[nH]c(=O)c(C#N)c1C. The van der Waals surface area contributed by atoms with E-state index in [0.717, 1.165) is 16.8 Å². The number of nitrogens with zero attached hydrogens (tertiary/aromatic N) is 3. The average molecular weight is 342 g/mol. The van der Waals surface area contributed by atoms with Crippen LogP contribution in [-0.2, 0) is 17.8 Å². The molecule has 0 fully saturated rings. The number of hydrogen-bond acceptors (Lipinski definition) is 5. The molecule has 0 atom stereocenters. The summed E-state index contributed by atoms with van der Waals surface area (Å²) in [4.78, 5) is 28.5. The van der Waals surface area contributed by atoms with E-state index in [1.54, 1.807) is 25.8 Å². The van der Waals surface area contributed by atoms with Crippen LogP contribution in [0.15, 0.2) is 9.32 Å². The molecule has 25 heavy (non-hydrogen) atoms. The maximum Gasteiger partial charge on any atom is 0.266 e. The first-order valence-corrected chi connectivity index (χ1v) is 8.04. The fourth-order valence-corrected chi connectivity index (χ4v) is 2.90. The highest BCUT2D eigenvalue weighted by Crippen LogP contribution is 2.17. The van der Waals surface area contributed by atoms with Crippen molar-refractivity contribution in [3.63, 3.8) is 0 Å². The van der Waals surface area contributed by atoms with Crippen LogP contribution in [0.4, 0.5) is 0 Å². The molecule has 1 amide bonds. The summed E-state index contributed by atoms with van der Waals surface area (Å²) in [6.45, 7) is 7.63. The maximum absolute atomic E-state index is 12.4.